The minimum Gasteiger partial charge on any atom is -0.478 e. The number of rotatable bonds is 4. The van der Waals surface area contributed by atoms with E-state index in [-0.39, 0.29) is 5.56 Å². The van der Waals surface area contributed by atoms with E-state index >= 15 is 0 Å². The van der Waals surface area contributed by atoms with E-state index in [1.54, 1.807) is 11.9 Å². The lowest BCUT2D eigenvalue weighted by atomic mass is 10.2. The number of aryl methyl sites for hydroxylation is 1. The van der Waals surface area contributed by atoms with Gasteiger partial charge in [0, 0.05) is 7.05 Å². The van der Waals surface area contributed by atoms with Crippen molar-refractivity contribution in [3.63, 3.8) is 0 Å². The van der Waals surface area contributed by atoms with Crippen molar-refractivity contribution in [2.45, 2.75) is 13.5 Å². The van der Waals surface area contributed by atoms with Crippen molar-refractivity contribution >= 4 is 17.5 Å². The van der Waals surface area contributed by atoms with E-state index in [2.05, 4.69) is 4.98 Å². The summed E-state index contributed by atoms with van der Waals surface area (Å²) in [5.41, 5.74) is 5.96. The number of aromatic nitrogens is 1. The molecule has 3 N–H and O–H groups in total. The summed E-state index contributed by atoms with van der Waals surface area (Å²) in [4.78, 5) is 17.0. The maximum Gasteiger partial charge on any atom is 0.339 e. The van der Waals surface area contributed by atoms with Crippen molar-refractivity contribution in [1.29, 1.82) is 0 Å². The van der Waals surface area contributed by atoms with Crippen LogP contribution in [-0.2, 0) is 6.54 Å². The fourth-order valence-corrected chi connectivity index (χ4v) is 1.81. The highest BCUT2D eigenvalue weighted by molar-refractivity contribution is 5.94. The predicted molar refractivity (Wildman–Crippen MR) is 71.2 cm³/mol. The van der Waals surface area contributed by atoms with Crippen molar-refractivity contribution in [3.05, 3.63) is 41.5 Å². The lowest BCUT2D eigenvalue weighted by Crippen LogP contribution is -2.20. The molecule has 0 saturated carbocycles. The number of pyridine rings is 1. The predicted octanol–water partition coefficient (Wildman–Crippen LogP) is 1.90. The highest BCUT2D eigenvalue weighted by Crippen LogP contribution is 2.21. The number of nitrogens with two attached hydrogens (primary N) is 1. The fraction of sp³-hybridized carbons (Fsp3) is 0.231. The lowest BCUT2D eigenvalue weighted by Gasteiger charge is -2.18. The van der Waals surface area contributed by atoms with Gasteiger partial charge in [-0.3, -0.25) is 0 Å². The van der Waals surface area contributed by atoms with Crippen LogP contribution in [-0.4, -0.2) is 23.1 Å². The quantitative estimate of drug-likeness (QED) is 0.873. The fourth-order valence-electron chi connectivity index (χ4n) is 1.81. The average Bonchev–Trinajstić information content (AvgIpc) is 2.74. The van der Waals surface area contributed by atoms with Crippen molar-refractivity contribution in [1.82, 2.24) is 4.98 Å². The Bertz CT molecular complexity index is 607. The largest absolute Gasteiger partial charge is 0.478 e. The smallest absolute Gasteiger partial charge is 0.339 e. The topological polar surface area (TPSA) is 92.6 Å². The molecule has 0 amide bonds. The minimum absolute atomic E-state index is 0.0748. The van der Waals surface area contributed by atoms with Gasteiger partial charge in [-0.15, -0.1) is 0 Å². The molecule has 2 heterocycles. The number of nitrogens with zero attached hydrogens (tertiary/aromatic N) is 2. The van der Waals surface area contributed by atoms with E-state index < -0.39 is 5.97 Å². The van der Waals surface area contributed by atoms with Crippen LogP contribution in [0.1, 0.15) is 21.9 Å². The van der Waals surface area contributed by atoms with Crippen LogP contribution >= 0.6 is 0 Å². The number of carboxylic acids is 1. The van der Waals surface area contributed by atoms with Gasteiger partial charge in [-0.2, -0.15) is 0 Å². The molecule has 0 saturated heterocycles. The van der Waals surface area contributed by atoms with Gasteiger partial charge in [-0.25, -0.2) is 9.78 Å². The van der Waals surface area contributed by atoms with Gasteiger partial charge in [-0.05, 0) is 25.1 Å². The number of aromatic carboxylic acids is 1. The standard InChI is InChI=1S/C13H15N3O3/c1-8-3-4-10(19-8)7-16(2)12-11(13(17)18)5-9(14)6-15-12/h3-6H,7,14H2,1-2H3,(H,17,18). The molecule has 0 spiro atoms. The van der Waals surface area contributed by atoms with Crippen molar-refractivity contribution in [2.75, 3.05) is 17.7 Å². The van der Waals surface area contributed by atoms with Gasteiger partial charge in [-0.1, -0.05) is 0 Å². The van der Waals surface area contributed by atoms with Crippen molar-refractivity contribution in [2.24, 2.45) is 0 Å². The average molecular weight is 261 g/mol. The summed E-state index contributed by atoms with van der Waals surface area (Å²) < 4.78 is 5.46. The number of furan rings is 1. The molecule has 0 aliphatic heterocycles. The summed E-state index contributed by atoms with van der Waals surface area (Å²) in [5.74, 6) is 0.857. The molecule has 0 radical (unpaired) electrons. The van der Waals surface area contributed by atoms with Crippen LogP contribution in [0.15, 0.2) is 28.8 Å². The number of anilines is 2. The first-order valence-electron chi connectivity index (χ1n) is 5.72. The van der Waals surface area contributed by atoms with Crippen LogP contribution in [0.4, 0.5) is 11.5 Å². The number of nitrogen functional groups attached to an aromatic ring is 1. The molecule has 0 aliphatic rings. The van der Waals surface area contributed by atoms with Gasteiger partial charge in [0.2, 0.25) is 0 Å². The van der Waals surface area contributed by atoms with Crippen molar-refractivity contribution in [3.8, 4) is 0 Å². The number of carbonyl (C=O) groups is 1. The first kappa shape index (κ1) is 12.9. The molecule has 0 unspecified atom stereocenters. The minimum atomic E-state index is -1.06. The monoisotopic (exact) mass is 261 g/mol. The third-order valence-corrected chi connectivity index (χ3v) is 2.67. The summed E-state index contributed by atoms with van der Waals surface area (Å²) in [6, 6.07) is 5.11. The first-order valence-corrected chi connectivity index (χ1v) is 5.72. The van der Waals surface area contributed by atoms with Crippen LogP contribution in [0.5, 0.6) is 0 Å². The maximum atomic E-state index is 11.2. The van der Waals surface area contributed by atoms with Gasteiger partial charge < -0.3 is 20.2 Å². The van der Waals surface area contributed by atoms with E-state index in [4.69, 9.17) is 15.3 Å². The van der Waals surface area contributed by atoms with Gasteiger partial charge in [0.15, 0.2) is 0 Å². The van der Waals surface area contributed by atoms with Crippen molar-refractivity contribution < 1.29 is 14.3 Å². The molecule has 19 heavy (non-hydrogen) atoms. The Morgan fingerprint density at radius 2 is 2.26 bits per heavy atom. The third kappa shape index (κ3) is 2.85. The molecule has 0 aromatic carbocycles. The molecule has 0 fully saturated rings. The SMILES string of the molecule is Cc1ccc(CN(C)c2ncc(N)cc2C(=O)O)o1. The Hall–Kier alpha value is -2.50. The first-order chi connectivity index (χ1) is 8.97. The van der Waals surface area contributed by atoms with E-state index in [1.165, 1.54) is 12.3 Å². The zero-order valence-corrected chi connectivity index (χ0v) is 10.8. The molecule has 6 heteroatoms. The van der Waals surface area contributed by atoms with Crippen LogP contribution in [0.25, 0.3) is 0 Å². The Morgan fingerprint density at radius 1 is 1.53 bits per heavy atom. The van der Waals surface area contributed by atoms with Gasteiger partial charge >= 0.3 is 5.97 Å². The van der Waals surface area contributed by atoms with Crippen LogP contribution < -0.4 is 10.6 Å². The molecule has 100 valence electrons. The number of hydrogen-bond donors (Lipinski definition) is 2. The number of hydrogen-bond acceptors (Lipinski definition) is 5. The van der Waals surface area contributed by atoms with E-state index in [1.807, 2.05) is 19.1 Å². The molecule has 2 rings (SSSR count). The van der Waals surface area contributed by atoms with E-state index in [0.29, 0.717) is 18.1 Å². The Balaban J connectivity index is 2.28. The van der Waals surface area contributed by atoms with Gasteiger partial charge in [0.05, 0.1) is 18.4 Å². The summed E-state index contributed by atoms with van der Waals surface area (Å²) in [5, 5.41) is 9.16. The highest BCUT2D eigenvalue weighted by Gasteiger charge is 2.16. The Morgan fingerprint density at radius 3 is 2.84 bits per heavy atom. The molecule has 2 aromatic rings. The summed E-state index contributed by atoms with van der Waals surface area (Å²) in [6.45, 7) is 2.29. The van der Waals surface area contributed by atoms with Gasteiger partial charge in [0.1, 0.15) is 22.9 Å². The molecule has 2 aromatic heterocycles. The maximum absolute atomic E-state index is 11.2. The summed E-state index contributed by atoms with van der Waals surface area (Å²) in [7, 11) is 1.75. The second-order valence-electron chi connectivity index (χ2n) is 4.31. The van der Waals surface area contributed by atoms with E-state index in [0.717, 1.165) is 11.5 Å². The molecule has 0 aliphatic carbocycles. The summed E-state index contributed by atoms with van der Waals surface area (Å²) in [6.07, 6.45) is 1.44. The number of carboxylic acid groups (broad SMARTS) is 1. The zero-order chi connectivity index (χ0) is 14.0. The zero-order valence-electron chi connectivity index (χ0n) is 10.8. The second-order valence-corrected chi connectivity index (χ2v) is 4.31. The Labute approximate surface area is 110 Å². The molecule has 0 atom stereocenters. The molecule has 0 bridgehead atoms. The normalized spacial score (nSPS) is 10.4. The van der Waals surface area contributed by atoms with Crippen LogP contribution in [0.2, 0.25) is 0 Å². The van der Waals surface area contributed by atoms with Crippen LogP contribution in [0, 0.1) is 6.92 Å². The second kappa shape index (κ2) is 5.01. The Kier molecular flexibility index (Phi) is 3.41. The van der Waals surface area contributed by atoms with E-state index in [9.17, 15) is 4.79 Å². The third-order valence-electron chi connectivity index (χ3n) is 2.67. The molecular weight excluding hydrogens is 246 g/mol. The van der Waals surface area contributed by atoms with Crippen LogP contribution in [0.3, 0.4) is 0 Å². The molecular formula is C13H15N3O3. The highest BCUT2D eigenvalue weighted by atomic mass is 16.4. The molecule has 6 nitrogen and oxygen atoms in total. The van der Waals surface area contributed by atoms with Gasteiger partial charge in [0.25, 0.3) is 0 Å². The summed E-state index contributed by atoms with van der Waals surface area (Å²) >= 11 is 0. The lowest BCUT2D eigenvalue weighted by molar-refractivity contribution is 0.0697.